The number of hydrogen-bond acceptors (Lipinski definition) is 2. The first kappa shape index (κ1) is 11.4. The van der Waals surface area contributed by atoms with E-state index in [2.05, 4.69) is 30.6 Å². The number of piperazine rings is 1. The van der Waals surface area contributed by atoms with Crippen molar-refractivity contribution in [2.45, 2.75) is 39.7 Å². The second-order valence-corrected chi connectivity index (χ2v) is 5.81. The largest absolute Gasteiger partial charge is 0.300 e. The smallest absolute Gasteiger partial charge is 0.0224 e. The topological polar surface area (TPSA) is 6.48 Å². The second-order valence-electron chi connectivity index (χ2n) is 5.81. The van der Waals surface area contributed by atoms with Crippen LogP contribution in [0.15, 0.2) is 0 Å². The molecule has 0 bridgehead atoms. The maximum atomic E-state index is 2.69. The standard InChI is InChI=1S/C13H26N2/c1-11(2)12(3)9-14-7-8-15-6-4-5-13(15)10-14/h11-13H,4-10H2,1-3H3. The van der Waals surface area contributed by atoms with E-state index >= 15 is 0 Å². The average molecular weight is 210 g/mol. The minimum atomic E-state index is 0.826. The minimum absolute atomic E-state index is 0.826. The Hall–Kier alpha value is -0.0800. The van der Waals surface area contributed by atoms with Crippen LogP contribution in [0.1, 0.15) is 33.6 Å². The molecule has 2 rings (SSSR count). The molecule has 2 aliphatic rings. The van der Waals surface area contributed by atoms with Gasteiger partial charge in [-0.05, 0) is 31.2 Å². The molecule has 2 atom stereocenters. The molecule has 2 nitrogen and oxygen atoms in total. The van der Waals surface area contributed by atoms with E-state index in [0.717, 1.165) is 17.9 Å². The Balaban J connectivity index is 1.80. The van der Waals surface area contributed by atoms with E-state index in [9.17, 15) is 0 Å². The first-order chi connectivity index (χ1) is 7.16. The summed E-state index contributed by atoms with van der Waals surface area (Å²) in [6.07, 6.45) is 2.87. The predicted molar refractivity (Wildman–Crippen MR) is 65.0 cm³/mol. The first-order valence-electron chi connectivity index (χ1n) is 6.63. The lowest BCUT2D eigenvalue weighted by atomic mass is 9.97. The normalized spacial score (nSPS) is 30.8. The summed E-state index contributed by atoms with van der Waals surface area (Å²) in [5.41, 5.74) is 0. The number of fused-ring (bicyclic) bond motifs is 1. The lowest BCUT2D eigenvalue weighted by Gasteiger charge is -2.39. The molecule has 0 aliphatic carbocycles. The number of rotatable bonds is 3. The van der Waals surface area contributed by atoms with Gasteiger partial charge in [0.25, 0.3) is 0 Å². The Labute approximate surface area is 94.6 Å². The van der Waals surface area contributed by atoms with E-state index in [1.54, 1.807) is 0 Å². The van der Waals surface area contributed by atoms with Crippen LogP contribution in [0.3, 0.4) is 0 Å². The molecule has 0 aromatic carbocycles. The SMILES string of the molecule is CC(C)C(C)CN1CCN2CCCC2C1. The Morgan fingerprint density at radius 3 is 2.67 bits per heavy atom. The fourth-order valence-electron chi connectivity index (χ4n) is 2.84. The zero-order valence-corrected chi connectivity index (χ0v) is 10.6. The molecule has 0 spiro atoms. The molecule has 2 heteroatoms. The van der Waals surface area contributed by atoms with Gasteiger partial charge in [0.2, 0.25) is 0 Å². The summed E-state index contributed by atoms with van der Waals surface area (Å²) in [5, 5.41) is 0. The Morgan fingerprint density at radius 1 is 1.13 bits per heavy atom. The van der Waals surface area contributed by atoms with Crippen molar-refractivity contribution in [3.8, 4) is 0 Å². The van der Waals surface area contributed by atoms with Gasteiger partial charge in [0.1, 0.15) is 0 Å². The third-order valence-corrected chi connectivity index (χ3v) is 4.36. The average Bonchev–Trinajstić information content (AvgIpc) is 2.64. The van der Waals surface area contributed by atoms with E-state index in [0.29, 0.717) is 0 Å². The summed E-state index contributed by atoms with van der Waals surface area (Å²) < 4.78 is 0. The highest BCUT2D eigenvalue weighted by Crippen LogP contribution is 2.22. The van der Waals surface area contributed by atoms with Gasteiger partial charge >= 0.3 is 0 Å². The molecule has 2 unspecified atom stereocenters. The maximum Gasteiger partial charge on any atom is 0.0224 e. The predicted octanol–water partition coefficient (Wildman–Crippen LogP) is 2.06. The van der Waals surface area contributed by atoms with Crippen LogP contribution in [0.25, 0.3) is 0 Å². The van der Waals surface area contributed by atoms with Crippen molar-refractivity contribution in [3.63, 3.8) is 0 Å². The number of nitrogens with zero attached hydrogens (tertiary/aromatic N) is 2. The lowest BCUT2D eigenvalue weighted by Crippen LogP contribution is -2.51. The summed E-state index contributed by atoms with van der Waals surface area (Å²) in [6.45, 7) is 13.7. The van der Waals surface area contributed by atoms with Gasteiger partial charge in [-0.3, -0.25) is 4.90 Å². The highest BCUT2D eigenvalue weighted by Gasteiger charge is 2.30. The van der Waals surface area contributed by atoms with Crippen LogP contribution in [-0.4, -0.2) is 48.6 Å². The van der Waals surface area contributed by atoms with Crippen LogP contribution in [0.4, 0.5) is 0 Å². The number of hydrogen-bond donors (Lipinski definition) is 0. The van der Waals surface area contributed by atoms with Crippen molar-refractivity contribution in [2.75, 3.05) is 32.7 Å². The molecule has 2 aliphatic heterocycles. The van der Waals surface area contributed by atoms with E-state index in [4.69, 9.17) is 0 Å². The van der Waals surface area contributed by atoms with Gasteiger partial charge in [0.15, 0.2) is 0 Å². The van der Waals surface area contributed by atoms with Crippen molar-refractivity contribution < 1.29 is 0 Å². The second kappa shape index (κ2) is 4.84. The molecule has 2 saturated heterocycles. The molecule has 0 amide bonds. The van der Waals surface area contributed by atoms with E-state index in [1.807, 2.05) is 0 Å². The van der Waals surface area contributed by atoms with Crippen LogP contribution in [0.5, 0.6) is 0 Å². The fourth-order valence-corrected chi connectivity index (χ4v) is 2.84. The minimum Gasteiger partial charge on any atom is -0.300 e. The molecular formula is C13H26N2. The Bertz CT molecular complexity index is 201. The van der Waals surface area contributed by atoms with Gasteiger partial charge < -0.3 is 4.90 Å². The maximum absolute atomic E-state index is 2.69. The third-order valence-electron chi connectivity index (χ3n) is 4.36. The molecule has 0 aromatic rings. The molecule has 0 N–H and O–H groups in total. The monoisotopic (exact) mass is 210 g/mol. The molecule has 2 fully saturated rings. The van der Waals surface area contributed by atoms with Crippen LogP contribution < -0.4 is 0 Å². The zero-order valence-electron chi connectivity index (χ0n) is 10.6. The van der Waals surface area contributed by atoms with Gasteiger partial charge in [-0.2, -0.15) is 0 Å². The van der Waals surface area contributed by atoms with Gasteiger partial charge in [-0.15, -0.1) is 0 Å². The Morgan fingerprint density at radius 2 is 1.93 bits per heavy atom. The van der Waals surface area contributed by atoms with Gasteiger partial charge in [0.05, 0.1) is 0 Å². The quantitative estimate of drug-likeness (QED) is 0.703. The van der Waals surface area contributed by atoms with Crippen LogP contribution in [-0.2, 0) is 0 Å². The first-order valence-corrected chi connectivity index (χ1v) is 6.63. The highest BCUT2D eigenvalue weighted by atomic mass is 15.3. The summed E-state index contributed by atoms with van der Waals surface area (Å²) >= 11 is 0. The van der Waals surface area contributed by atoms with Crippen LogP contribution in [0, 0.1) is 11.8 Å². The van der Waals surface area contributed by atoms with Gasteiger partial charge in [-0.25, -0.2) is 0 Å². The molecular weight excluding hydrogens is 184 g/mol. The third kappa shape index (κ3) is 2.73. The van der Waals surface area contributed by atoms with Crippen molar-refractivity contribution in [2.24, 2.45) is 11.8 Å². The molecule has 2 heterocycles. The summed E-state index contributed by atoms with van der Waals surface area (Å²) in [6, 6.07) is 0.887. The van der Waals surface area contributed by atoms with Crippen LogP contribution in [0.2, 0.25) is 0 Å². The fraction of sp³-hybridized carbons (Fsp3) is 1.00. The molecule has 0 aromatic heterocycles. The van der Waals surface area contributed by atoms with Crippen molar-refractivity contribution >= 4 is 0 Å². The lowest BCUT2D eigenvalue weighted by molar-refractivity contribution is 0.0876. The molecule has 88 valence electrons. The summed E-state index contributed by atoms with van der Waals surface area (Å²) in [7, 11) is 0. The van der Waals surface area contributed by atoms with E-state index < -0.39 is 0 Å². The van der Waals surface area contributed by atoms with Crippen molar-refractivity contribution in [1.29, 1.82) is 0 Å². The molecule has 0 saturated carbocycles. The van der Waals surface area contributed by atoms with Crippen molar-refractivity contribution in [3.05, 3.63) is 0 Å². The zero-order chi connectivity index (χ0) is 10.8. The van der Waals surface area contributed by atoms with Crippen LogP contribution >= 0.6 is 0 Å². The van der Waals surface area contributed by atoms with Gasteiger partial charge in [0, 0.05) is 32.2 Å². The summed E-state index contributed by atoms with van der Waals surface area (Å²) in [5.74, 6) is 1.67. The molecule has 0 radical (unpaired) electrons. The Kier molecular flexibility index (Phi) is 3.68. The van der Waals surface area contributed by atoms with Crippen molar-refractivity contribution in [1.82, 2.24) is 9.80 Å². The summed E-state index contributed by atoms with van der Waals surface area (Å²) in [4.78, 5) is 5.38. The molecule has 15 heavy (non-hydrogen) atoms. The highest BCUT2D eigenvalue weighted by molar-refractivity contribution is 4.87. The van der Waals surface area contributed by atoms with Gasteiger partial charge in [-0.1, -0.05) is 20.8 Å². The van der Waals surface area contributed by atoms with E-state index in [1.165, 1.54) is 45.6 Å². The van der Waals surface area contributed by atoms with E-state index in [-0.39, 0.29) is 0 Å².